The Morgan fingerprint density at radius 3 is 2.00 bits per heavy atom. The Labute approximate surface area is 127 Å². The zero-order valence-corrected chi connectivity index (χ0v) is 15.0. The smallest absolute Gasteiger partial charge is 0.0375 e. The summed E-state index contributed by atoms with van der Waals surface area (Å²) >= 11 is 0. The van der Waals surface area contributed by atoms with Crippen molar-refractivity contribution >= 4 is 10.8 Å². The summed E-state index contributed by atoms with van der Waals surface area (Å²) in [7, 11) is -0.791. The summed E-state index contributed by atoms with van der Waals surface area (Å²) in [5.74, 6) is 1.20. The van der Waals surface area contributed by atoms with E-state index in [1.54, 1.807) is 0 Å². The fraction of sp³-hybridized carbons (Fsp3) is 0.667. The van der Waals surface area contributed by atoms with Gasteiger partial charge in [-0.15, -0.1) is 0 Å². The highest BCUT2D eigenvalue weighted by Crippen LogP contribution is 2.31. The highest BCUT2D eigenvalue weighted by Gasteiger charge is 2.25. The van der Waals surface area contributed by atoms with Crippen molar-refractivity contribution in [2.24, 2.45) is 0 Å². The minimum atomic E-state index is -0.791. The van der Waals surface area contributed by atoms with Crippen LogP contribution in [0.3, 0.4) is 0 Å². The van der Waals surface area contributed by atoms with Gasteiger partial charge in [-0.2, -0.15) is 0 Å². The molecular weight excluding hydrogens is 264 g/mol. The average molecular weight is 295 g/mol. The molecular formula is C18H30OS. The fourth-order valence-corrected chi connectivity index (χ4v) is 4.13. The van der Waals surface area contributed by atoms with Crippen LogP contribution >= 0.6 is 0 Å². The zero-order valence-electron chi connectivity index (χ0n) is 14.2. The second kappa shape index (κ2) is 6.89. The molecule has 20 heavy (non-hydrogen) atoms. The molecule has 0 N–H and O–H groups in total. The second-order valence-electron chi connectivity index (χ2n) is 6.92. The molecule has 2 heteroatoms. The van der Waals surface area contributed by atoms with Crippen LogP contribution in [0.4, 0.5) is 0 Å². The Balaban J connectivity index is 3.12. The number of benzene rings is 1. The van der Waals surface area contributed by atoms with Crippen molar-refractivity contribution in [3.05, 3.63) is 34.4 Å². The van der Waals surface area contributed by atoms with Crippen LogP contribution in [0.5, 0.6) is 0 Å². The van der Waals surface area contributed by atoms with E-state index in [0.29, 0.717) is 5.92 Å². The molecule has 2 atom stereocenters. The van der Waals surface area contributed by atoms with E-state index in [4.69, 9.17) is 0 Å². The third-order valence-electron chi connectivity index (χ3n) is 3.82. The standard InChI is InChI=1S/C18H30OS/c1-8-9-16(12-20(19)18(5,6)7)17-14(3)10-13(2)11-15(17)4/h10-11,16H,8-9,12H2,1-7H3/t16?,20-/m1/s1. The second-order valence-corrected chi connectivity index (χ2v) is 9.17. The lowest BCUT2D eigenvalue weighted by Gasteiger charge is -2.25. The quantitative estimate of drug-likeness (QED) is 0.743. The van der Waals surface area contributed by atoms with Crippen molar-refractivity contribution in [3.8, 4) is 0 Å². The fourth-order valence-electron chi connectivity index (χ4n) is 2.93. The van der Waals surface area contributed by atoms with E-state index in [1.807, 2.05) is 0 Å². The average Bonchev–Trinajstić information content (AvgIpc) is 2.26. The monoisotopic (exact) mass is 294 g/mol. The maximum atomic E-state index is 12.5. The van der Waals surface area contributed by atoms with Gasteiger partial charge in [0.1, 0.15) is 0 Å². The van der Waals surface area contributed by atoms with Crippen LogP contribution in [0.25, 0.3) is 0 Å². The van der Waals surface area contributed by atoms with Crippen LogP contribution in [0.1, 0.15) is 68.7 Å². The van der Waals surface area contributed by atoms with Crippen LogP contribution < -0.4 is 0 Å². The SMILES string of the molecule is CCCC(C[S@@](=O)C(C)(C)C)c1c(C)cc(C)cc1C. The molecule has 114 valence electrons. The van der Waals surface area contributed by atoms with Gasteiger partial charge >= 0.3 is 0 Å². The Bertz CT molecular complexity index is 460. The molecule has 0 saturated heterocycles. The van der Waals surface area contributed by atoms with Crippen molar-refractivity contribution in [1.82, 2.24) is 0 Å². The molecule has 0 saturated carbocycles. The van der Waals surface area contributed by atoms with E-state index in [2.05, 4.69) is 60.6 Å². The van der Waals surface area contributed by atoms with Gasteiger partial charge in [0, 0.05) is 21.3 Å². The van der Waals surface area contributed by atoms with Crippen molar-refractivity contribution in [1.29, 1.82) is 0 Å². The molecule has 0 bridgehead atoms. The number of hydrogen-bond acceptors (Lipinski definition) is 1. The normalized spacial score (nSPS) is 15.2. The Morgan fingerprint density at radius 2 is 1.60 bits per heavy atom. The molecule has 0 heterocycles. The molecule has 1 nitrogen and oxygen atoms in total. The first-order chi connectivity index (χ1) is 9.16. The van der Waals surface area contributed by atoms with Crippen LogP contribution in [-0.2, 0) is 10.8 Å². The predicted molar refractivity (Wildman–Crippen MR) is 91.1 cm³/mol. The van der Waals surface area contributed by atoms with E-state index in [-0.39, 0.29) is 4.75 Å². The topological polar surface area (TPSA) is 17.1 Å². The van der Waals surface area contributed by atoms with Crippen LogP contribution in [0.2, 0.25) is 0 Å². The zero-order chi connectivity index (χ0) is 15.5. The molecule has 0 fully saturated rings. The molecule has 0 amide bonds. The summed E-state index contributed by atoms with van der Waals surface area (Å²) < 4.78 is 12.4. The number of hydrogen-bond donors (Lipinski definition) is 0. The summed E-state index contributed by atoms with van der Waals surface area (Å²) in [4.78, 5) is 0. The molecule has 1 aromatic rings. The van der Waals surface area contributed by atoms with Crippen molar-refractivity contribution < 1.29 is 4.21 Å². The van der Waals surface area contributed by atoms with Gasteiger partial charge in [-0.05, 0) is 70.6 Å². The summed E-state index contributed by atoms with van der Waals surface area (Å²) in [5, 5.41) is 0. The molecule has 1 rings (SSSR count). The third-order valence-corrected chi connectivity index (χ3v) is 5.89. The Morgan fingerprint density at radius 1 is 1.10 bits per heavy atom. The van der Waals surface area contributed by atoms with Gasteiger partial charge in [0.05, 0.1) is 0 Å². The van der Waals surface area contributed by atoms with E-state index < -0.39 is 10.8 Å². The van der Waals surface area contributed by atoms with E-state index in [1.165, 1.54) is 22.3 Å². The van der Waals surface area contributed by atoms with E-state index in [0.717, 1.165) is 18.6 Å². The predicted octanol–water partition coefficient (Wildman–Crippen LogP) is 5.04. The maximum Gasteiger partial charge on any atom is 0.0375 e. The van der Waals surface area contributed by atoms with E-state index in [9.17, 15) is 4.21 Å². The summed E-state index contributed by atoms with van der Waals surface area (Å²) in [6, 6.07) is 4.51. The first kappa shape index (κ1) is 17.4. The molecule has 1 unspecified atom stereocenters. The highest BCUT2D eigenvalue weighted by atomic mass is 32.2. The van der Waals surface area contributed by atoms with Gasteiger partial charge in [-0.25, -0.2) is 0 Å². The van der Waals surface area contributed by atoms with Crippen LogP contribution in [0.15, 0.2) is 12.1 Å². The highest BCUT2D eigenvalue weighted by molar-refractivity contribution is 7.86. The summed E-state index contributed by atoms with van der Waals surface area (Å²) in [5.41, 5.74) is 5.45. The Kier molecular flexibility index (Phi) is 6.00. The lowest BCUT2D eigenvalue weighted by molar-refractivity contribution is 0.618. The molecule has 0 radical (unpaired) electrons. The van der Waals surface area contributed by atoms with Crippen molar-refractivity contribution in [2.75, 3.05) is 5.75 Å². The number of rotatable bonds is 5. The minimum Gasteiger partial charge on any atom is -0.259 e. The van der Waals surface area contributed by atoms with Gasteiger partial charge in [0.15, 0.2) is 0 Å². The van der Waals surface area contributed by atoms with Crippen molar-refractivity contribution in [2.45, 2.75) is 72.0 Å². The first-order valence-electron chi connectivity index (χ1n) is 7.63. The van der Waals surface area contributed by atoms with Crippen LogP contribution in [0, 0.1) is 20.8 Å². The third kappa shape index (κ3) is 4.44. The van der Waals surface area contributed by atoms with Gasteiger partial charge < -0.3 is 0 Å². The van der Waals surface area contributed by atoms with Crippen LogP contribution in [-0.4, -0.2) is 14.7 Å². The minimum absolute atomic E-state index is 0.126. The lowest BCUT2D eigenvalue weighted by atomic mass is 9.88. The van der Waals surface area contributed by atoms with E-state index >= 15 is 0 Å². The lowest BCUT2D eigenvalue weighted by Crippen LogP contribution is -2.27. The molecule has 0 aliphatic heterocycles. The molecule has 1 aromatic carbocycles. The van der Waals surface area contributed by atoms with Gasteiger partial charge in [-0.1, -0.05) is 31.0 Å². The molecule has 0 spiro atoms. The largest absolute Gasteiger partial charge is 0.259 e. The molecule has 0 aliphatic rings. The maximum absolute atomic E-state index is 12.5. The van der Waals surface area contributed by atoms with Gasteiger partial charge in [-0.3, -0.25) is 4.21 Å². The summed E-state index contributed by atoms with van der Waals surface area (Å²) in [6.07, 6.45) is 2.26. The molecule has 0 aliphatic carbocycles. The van der Waals surface area contributed by atoms with Gasteiger partial charge in [0.25, 0.3) is 0 Å². The summed E-state index contributed by atoms with van der Waals surface area (Å²) in [6.45, 7) is 15.0. The first-order valence-corrected chi connectivity index (χ1v) is 8.95. The Hall–Kier alpha value is -0.630. The van der Waals surface area contributed by atoms with Gasteiger partial charge in [0.2, 0.25) is 0 Å². The molecule has 0 aromatic heterocycles. The van der Waals surface area contributed by atoms with Crippen molar-refractivity contribution in [3.63, 3.8) is 0 Å². The number of aryl methyl sites for hydroxylation is 3.